The minimum atomic E-state index is 0.0778. The van der Waals surface area contributed by atoms with Gasteiger partial charge in [0.2, 0.25) is 0 Å². The van der Waals surface area contributed by atoms with Gasteiger partial charge < -0.3 is 14.4 Å². The van der Waals surface area contributed by atoms with E-state index in [0.29, 0.717) is 32.2 Å². The van der Waals surface area contributed by atoms with Crippen LogP contribution in [0.25, 0.3) is 0 Å². The lowest BCUT2D eigenvalue weighted by molar-refractivity contribution is 0.0537. The van der Waals surface area contributed by atoms with Gasteiger partial charge in [0.25, 0.3) is 11.8 Å². The van der Waals surface area contributed by atoms with Gasteiger partial charge in [0, 0.05) is 43.6 Å². The number of thiophene rings is 1. The fraction of sp³-hybridized carbons (Fsp3) is 0.474. The summed E-state index contributed by atoms with van der Waals surface area (Å²) in [6, 6.07) is 6.37. The van der Waals surface area contributed by atoms with Crippen LogP contribution < -0.4 is 0 Å². The second-order valence-corrected chi connectivity index (χ2v) is 7.90. The quantitative estimate of drug-likeness (QED) is 0.847. The number of carbonyl (C=O) groups is 2. The summed E-state index contributed by atoms with van der Waals surface area (Å²) in [6.07, 6.45) is 2.43. The molecule has 4 rings (SSSR count). The average Bonchev–Trinajstić information content (AvgIpc) is 3.19. The van der Waals surface area contributed by atoms with Gasteiger partial charge in [0.1, 0.15) is 0 Å². The Labute approximate surface area is 151 Å². The van der Waals surface area contributed by atoms with E-state index in [-0.39, 0.29) is 11.8 Å². The summed E-state index contributed by atoms with van der Waals surface area (Å²) in [6.45, 7) is 6.54. The maximum absolute atomic E-state index is 12.9. The Morgan fingerprint density at radius 1 is 1.04 bits per heavy atom. The van der Waals surface area contributed by atoms with Crippen molar-refractivity contribution in [2.75, 3.05) is 26.2 Å². The molecule has 0 atom stereocenters. The monoisotopic (exact) mass is 357 g/mol. The van der Waals surface area contributed by atoms with E-state index in [4.69, 9.17) is 0 Å². The van der Waals surface area contributed by atoms with Crippen molar-refractivity contribution < 1.29 is 9.59 Å². The van der Waals surface area contributed by atoms with Crippen LogP contribution in [-0.2, 0) is 0 Å². The van der Waals surface area contributed by atoms with E-state index in [1.807, 2.05) is 33.4 Å². The van der Waals surface area contributed by atoms with Crippen LogP contribution in [0.1, 0.15) is 50.3 Å². The zero-order chi connectivity index (χ0) is 17.6. The summed E-state index contributed by atoms with van der Waals surface area (Å²) in [5.74, 6) is 0.178. The van der Waals surface area contributed by atoms with E-state index in [9.17, 15) is 9.59 Å². The zero-order valence-electron chi connectivity index (χ0n) is 14.7. The molecule has 3 heterocycles. The molecule has 0 N–H and O–H groups in total. The van der Waals surface area contributed by atoms with Gasteiger partial charge in [-0.25, -0.2) is 0 Å². The number of nitrogens with zero attached hydrogens (tertiary/aromatic N) is 3. The van der Waals surface area contributed by atoms with Crippen LogP contribution in [0.3, 0.4) is 0 Å². The molecule has 5 nitrogen and oxygen atoms in total. The maximum atomic E-state index is 12.9. The minimum absolute atomic E-state index is 0.0778. The zero-order valence-corrected chi connectivity index (χ0v) is 15.5. The molecule has 2 fully saturated rings. The van der Waals surface area contributed by atoms with Crippen LogP contribution in [0.4, 0.5) is 0 Å². The first-order valence-electron chi connectivity index (χ1n) is 8.86. The highest BCUT2D eigenvalue weighted by molar-refractivity contribution is 7.12. The number of aryl methyl sites for hydroxylation is 1. The summed E-state index contributed by atoms with van der Waals surface area (Å²) in [5, 5.41) is 1.92. The number of piperazine rings is 1. The van der Waals surface area contributed by atoms with Crippen LogP contribution in [-0.4, -0.2) is 52.4 Å². The van der Waals surface area contributed by atoms with Crippen LogP contribution >= 0.6 is 11.3 Å². The Bertz CT molecular complexity index is 797. The number of aromatic nitrogens is 1. The van der Waals surface area contributed by atoms with Crippen molar-refractivity contribution >= 4 is 23.2 Å². The normalized spacial score (nSPS) is 17.8. The van der Waals surface area contributed by atoms with Crippen LogP contribution in [0.5, 0.6) is 0 Å². The molecule has 0 aromatic carbocycles. The molecule has 2 aromatic heterocycles. The smallest absolute Gasteiger partial charge is 0.264 e. The molecule has 1 aliphatic heterocycles. The molecule has 6 heteroatoms. The molecular weight excluding hydrogens is 334 g/mol. The van der Waals surface area contributed by atoms with Crippen molar-refractivity contribution in [3.63, 3.8) is 0 Å². The SMILES string of the molecule is Cc1cc(C(=O)N2CCN(C(=O)c3cccs3)CC2)c(C)n1C1CC1. The lowest BCUT2D eigenvalue weighted by Crippen LogP contribution is -2.50. The number of hydrogen-bond acceptors (Lipinski definition) is 3. The largest absolute Gasteiger partial charge is 0.345 e. The third-order valence-electron chi connectivity index (χ3n) is 5.21. The Hall–Kier alpha value is -2.08. The molecule has 132 valence electrons. The third kappa shape index (κ3) is 2.99. The van der Waals surface area contributed by atoms with E-state index < -0.39 is 0 Å². The second kappa shape index (κ2) is 6.33. The molecule has 1 saturated heterocycles. The Balaban J connectivity index is 1.43. The Kier molecular flexibility index (Phi) is 4.15. The van der Waals surface area contributed by atoms with Gasteiger partial charge in [-0.3, -0.25) is 9.59 Å². The fourth-order valence-corrected chi connectivity index (χ4v) is 4.42. The van der Waals surface area contributed by atoms with Crippen LogP contribution in [0.2, 0.25) is 0 Å². The van der Waals surface area contributed by atoms with Gasteiger partial charge in [0.05, 0.1) is 10.4 Å². The first kappa shape index (κ1) is 16.4. The number of rotatable bonds is 3. The molecule has 0 radical (unpaired) electrons. The molecule has 2 aliphatic rings. The summed E-state index contributed by atoms with van der Waals surface area (Å²) in [5.41, 5.74) is 3.08. The second-order valence-electron chi connectivity index (χ2n) is 6.95. The van der Waals surface area contributed by atoms with Crippen LogP contribution in [0.15, 0.2) is 23.6 Å². The Morgan fingerprint density at radius 3 is 2.24 bits per heavy atom. The molecular formula is C19H23N3O2S. The molecule has 1 aliphatic carbocycles. The van der Waals surface area contributed by atoms with E-state index in [2.05, 4.69) is 18.4 Å². The number of carbonyl (C=O) groups excluding carboxylic acids is 2. The van der Waals surface area contributed by atoms with Gasteiger partial charge >= 0.3 is 0 Å². The lowest BCUT2D eigenvalue weighted by Gasteiger charge is -2.34. The van der Waals surface area contributed by atoms with E-state index >= 15 is 0 Å². The lowest BCUT2D eigenvalue weighted by atomic mass is 10.2. The predicted molar refractivity (Wildman–Crippen MR) is 98.3 cm³/mol. The van der Waals surface area contributed by atoms with Gasteiger partial charge in [-0.1, -0.05) is 6.07 Å². The maximum Gasteiger partial charge on any atom is 0.264 e. The first-order valence-corrected chi connectivity index (χ1v) is 9.74. The minimum Gasteiger partial charge on any atom is -0.345 e. The van der Waals surface area contributed by atoms with Gasteiger partial charge in [-0.05, 0) is 44.2 Å². The topological polar surface area (TPSA) is 45.6 Å². The third-order valence-corrected chi connectivity index (χ3v) is 6.07. The highest BCUT2D eigenvalue weighted by Gasteiger charge is 2.31. The fourth-order valence-electron chi connectivity index (χ4n) is 3.73. The van der Waals surface area contributed by atoms with Crippen LogP contribution in [0, 0.1) is 13.8 Å². The van der Waals surface area contributed by atoms with E-state index in [1.54, 1.807) is 0 Å². The van der Waals surface area contributed by atoms with Gasteiger partial charge in [-0.2, -0.15) is 0 Å². The molecule has 0 bridgehead atoms. The average molecular weight is 357 g/mol. The Morgan fingerprint density at radius 2 is 1.68 bits per heavy atom. The van der Waals surface area contributed by atoms with Crippen molar-refractivity contribution in [2.45, 2.75) is 32.7 Å². The molecule has 0 unspecified atom stereocenters. The summed E-state index contributed by atoms with van der Waals surface area (Å²) in [4.78, 5) is 29.9. The molecule has 2 aromatic rings. The van der Waals surface area contributed by atoms with Gasteiger partial charge in [-0.15, -0.1) is 11.3 Å². The van der Waals surface area contributed by atoms with Crippen molar-refractivity contribution in [1.82, 2.24) is 14.4 Å². The van der Waals surface area contributed by atoms with Crippen molar-refractivity contribution in [3.05, 3.63) is 45.4 Å². The highest BCUT2D eigenvalue weighted by atomic mass is 32.1. The van der Waals surface area contributed by atoms with E-state index in [1.165, 1.54) is 29.9 Å². The summed E-state index contributed by atoms with van der Waals surface area (Å²) >= 11 is 1.47. The predicted octanol–water partition coefficient (Wildman–Crippen LogP) is 3.10. The van der Waals surface area contributed by atoms with Crippen molar-refractivity contribution in [3.8, 4) is 0 Å². The summed E-state index contributed by atoms with van der Waals surface area (Å²) < 4.78 is 2.31. The standard InChI is InChI=1S/C19H23N3O2S/c1-13-12-16(14(2)22(13)15-5-6-15)18(23)20-7-9-21(10-8-20)19(24)17-4-3-11-25-17/h3-4,11-12,15H,5-10H2,1-2H3. The molecule has 2 amide bonds. The van der Waals surface area contributed by atoms with Crippen molar-refractivity contribution in [1.29, 1.82) is 0 Å². The molecule has 1 saturated carbocycles. The number of hydrogen-bond donors (Lipinski definition) is 0. The van der Waals surface area contributed by atoms with Gasteiger partial charge in [0.15, 0.2) is 0 Å². The molecule has 25 heavy (non-hydrogen) atoms. The highest BCUT2D eigenvalue weighted by Crippen LogP contribution is 2.38. The first-order chi connectivity index (χ1) is 12.1. The number of amides is 2. The van der Waals surface area contributed by atoms with E-state index in [0.717, 1.165) is 16.1 Å². The molecule has 0 spiro atoms. The van der Waals surface area contributed by atoms with Crippen molar-refractivity contribution in [2.24, 2.45) is 0 Å². The summed E-state index contributed by atoms with van der Waals surface area (Å²) in [7, 11) is 0.